The van der Waals surface area contributed by atoms with Gasteiger partial charge in [-0.2, -0.15) is 9.97 Å². The molecule has 0 aliphatic carbocycles. The van der Waals surface area contributed by atoms with Crippen molar-refractivity contribution in [2.24, 2.45) is 0 Å². The number of nitrogens with two attached hydrogens (primary N) is 1. The second kappa shape index (κ2) is 5.70. The molecule has 2 heterocycles. The van der Waals surface area contributed by atoms with E-state index in [9.17, 15) is 0 Å². The highest BCUT2D eigenvalue weighted by Gasteiger charge is 2.25. The molecule has 0 spiro atoms. The van der Waals surface area contributed by atoms with Gasteiger partial charge in [-0.15, -0.1) is 0 Å². The normalized spacial score (nSPS) is 18.6. The minimum atomic E-state index is -0.0326. The minimum Gasteiger partial charge on any atom is -0.467 e. The van der Waals surface area contributed by atoms with Crippen molar-refractivity contribution in [3.8, 4) is 6.01 Å². The van der Waals surface area contributed by atoms with Crippen LogP contribution in [-0.2, 0) is 4.74 Å². The molecule has 1 atom stereocenters. The van der Waals surface area contributed by atoms with Gasteiger partial charge in [-0.05, 0) is 43.0 Å². The van der Waals surface area contributed by atoms with Crippen LogP contribution in [0.15, 0.2) is 0 Å². The Morgan fingerprint density at radius 1 is 1.18 bits per heavy atom. The molecule has 22 heavy (non-hydrogen) atoms. The van der Waals surface area contributed by atoms with E-state index in [0.29, 0.717) is 18.4 Å². The Hall–Kier alpha value is -1.92. The average molecular weight is 302 g/mol. The second-order valence-corrected chi connectivity index (χ2v) is 5.67. The summed E-state index contributed by atoms with van der Waals surface area (Å²) in [6.45, 7) is 8.60. The van der Waals surface area contributed by atoms with Crippen LogP contribution >= 0.6 is 0 Å². The molecule has 6 heteroatoms. The molecule has 0 saturated carbocycles. The topological polar surface area (TPSA) is 82.3 Å². The molecule has 3 N–H and O–H groups in total. The fraction of sp³-hybridized carbons (Fsp3) is 0.500. The zero-order valence-electron chi connectivity index (χ0n) is 13.5. The number of nitrogen functional groups attached to an aromatic ring is 1. The number of aryl methyl sites for hydroxylation is 1. The number of ether oxygens (including phenoxy) is 2. The molecule has 1 aliphatic rings. The second-order valence-electron chi connectivity index (χ2n) is 5.67. The maximum absolute atomic E-state index is 6.22. The zero-order chi connectivity index (χ0) is 15.9. The summed E-state index contributed by atoms with van der Waals surface area (Å²) in [5, 5.41) is 4.25. The molecule has 1 aromatic heterocycles. The highest BCUT2D eigenvalue weighted by atomic mass is 16.5. The number of methoxy groups -OCH3 is 1. The van der Waals surface area contributed by atoms with Gasteiger partial charge in [0.25, 0.3) is 0 Å². The molecular weight excluding hydrogens is 280 g/mol. The number of nitrogens with one attached hydrogen (secondary N) is 1. The molecule has 118 valence electrons. The molecule has 3 rings (SSSR count). The first kappa shape index (κ1) is 15.0. The monoisotopic (exact) mass is 302 g/mol. The molecule has 0 bridgehead atoms. The van der Waals surface area contributed by atoms with Gasteiger partial charge in [0.2, 0.25) is 0 Å². The van der Waals surface area contributed by atoms with Crippen LogP contribution in [-0.4, -0.2) is 36.8 Å². The number of hydrogen-bond acceptors (Lipinski definition) is 6. The predicted octanol–water partition coefficient (Wildman–Crippen LogP) is 1.81. The van der Waals surface area contributed by atoms with Crippen LogP contribution < -0.4 is 15.8 Å². The number of benzene rings is 1. The van der Waals surface area contributed by atoms with E-state index < -0.39 is 0 Å². The van der Waals surface area contributed by atoms with Gasteiger partial charge in [0, 0.05) is 18.5 Å². The fourth-order valence-electron chi connectivity index (χ4n) is 3.09. The van der Waals surface area contributed by atoms with E-state index >= 15 is 0 Å². The van der Waals surface area contributed by atoms with Gasteiger partial charge in [0.05, 0.1) is 25.3 Å². The number of aromatic nitrogens is 2. The van der Waals surface area contributed by atoms with Gasteiger partial charge >= 0.3 is 6.01 Å². The minimum absolute atomic E-state index is 0.0326. The number of nitrogens with zero attached hydrogens (tertiary/aromatic N) is 2. The lowest BCUT2D eigenvalue weighted by molar-refractivity contribution is 0.0282. The SMILES string of the molecule is COc1nc(N)c2c(C3CNCCO3)c(C)c(C)c(C)c2n1. The third-order valence-corrected chi connectivity index (χ3v) is 4.50. The molecule has 6 nitrogen and oxygen atoms in total. The lowest BCUT2D eigenvalue weighted by Gasteiger charge is -2.28. The Labute approximate surface area is 130 Å². The molecule has 1 aromatic carbocycles. The van der Waals surface area contributed by atoms with Crippen molar-refractivity contribution >= 4 is 16.7 Å². The van der Waals surface area contributed by atoms with Crippen LogP contribution in [0.2, 0.25) is 0 Å². The van der Waals surface area contributed by atoms with E-state index in [1.54, 1.807) is 7.11 Å². The third-order valence-electron chi connectivity index (χ3n) is 4.50. The molecule has 1 saturated heterocycles. The lowest BCUT2D eigenvalue weighted by atomic mass is 9.90. The summed E-state index contributed by atoms with van der Waals surface area (Å²) in [5.41, 5.74) is 11.7. The summed E-state index contributed by atoms with van der Waals surface area (Å²) >= 11 is 0. The van der Waals surface area contributed by atoms with Gasteiger partial charge < -0.3 is 20.5 Å². The average Bonchev–Trinajstić information content (AvgIpc) is 2.54. The molecule has 2 aromatic rings. The van der Waals surface area contributed by atoms with Crippen molar-refractivity contribution in [3.05, 3.63) is 22.3 Å². The molecule has 1 aliphatic heterocycles. The number of anilines is 1. The van der Waals surface area contributed by atoms with Gasteiger partial charge in [0.15, 0.2) is 0 Å². The van der Waals surface area contributed by atoms with Crippen LogP contribution in [0.4, 0.5) is 5.82 Å². The maximum atomic E-state index is 6.22. The highest BCUT2D eigenvalue weighted by Crippen LogP contribution is 2.37. The van der Waals surface area contributed by atoms with Gasteiger partial charge in [-0.1, -0.05) is 0 Å². The van der Waals surface area contributed by atoms with Gasteiger partial charge in [-0.25, -0.2) is 0 Å². The summed E-state index contributed by atoms with van der Waals surface area (Å²) in [5.74, 6) is 0.442. The van der Waals surface area contributed by atoms with Crippen molar-refractivity contribution in [3.63, 3.8) is 0 Å². The van der Waals surface area contributed by atoms with E-state index in [-0.39, 0.29) is 6.10 Å². The van der Waals surface area contributed by atoms with E-state index in [1.807, 2.05) is 0 Å². The Balaban J connectivity index is 2.34. The quantitative estimate of drug-likeness (QED) is 0.880. The van der Waals surface area contributed by atoms with E-state index in [1.165, 1.54) is 11.1 Å². The number of rotatable bonds is 2. The fourth-order valence-corrected chi connectivity index (χ4v) is 3.09. The summed E-state index contributed by atoms with van der Waals surface area (Å²) in [6.07, 6.45) is -0.0326. The van der Waals surface area contributed by atoms with Crippen molar-refractivity contribution < 1.29 is 9.47 Å². The highest BCUT2D eigenvalue weighted by molar-refractivity contribution is 5.95. The van der Waals surface area contributed by atoms with Crippen LogP contribution in [0.5, 0.6) is 6.01 Å². The molecular formula is C16H22N4O2. The van der Waals surface area contributed by atoms with Crippen molar-refractivity contribution in [1.29, 1.82) is 0 Å². The van der Waals surface area contributed by atoms with Crippen molar-refractivity contribution in [2.45, 2.75) is 26.9 Å². The number of fused-ring (bicyclic) bond motifs is 1. The summed E-state index contributed by atoms with van der Waals surface area (Å²) in [4.78, 5) is 8.78. The molecule has 1 unspecified atom stereocenters. The van der Waals surface area contributed by atoms with Gasteiger partial charge in [0.1, 0.15) is 5.82 Å². The number of hydrogen-bond donors (Lipinski definition) is 2. The first-order chi connectivity index (χ1) is 10.5. The van der Waals surface area contributed by atoms with Crippen LogP contribution in [0, 0.1) is 20.8 Å². The first-order valence-electron chi connectivity index (χ1n) is 7.47. The largest absolute Gasteiger partial charge is 0.467 e. The van der Waals surface area contributed by atoms with Crippen molar-refractivity contribution in [1.82, 2.24) is 15.3 Å². The van der Waals surface area contributed by atoms with Gasteiger partial charge in [-0.3, -0.25) is 0 Å². The summed E-state index contributed by atoms with van der Waals surface area (Å²) in [6, 6.07) is 0.296. The standard InChI is InChI=1S/C16H22N4O2/c1-8-9(2)12(11-7-18-5-6-22-11)13-14(10(8)3)19-16(21-4)20-15(13)17/h11,18H,5-7H2,1-4H3,(H2,17,19,20). The third kappa shape index (κ3) is 2.28. The summed E-state index contributed by atoms with van der Waals surface area (Å²) < 4.78 is 11.1. The van der Waals surface area contributed by atoms with Crippen LogP contribution in [0.25, 0.3) is 10.9 Å². The molecule has 0 amide bonds. The summed E-state index contributed by atoms with van der Waals surface area (Å²) in [7, 11) is 1.55. The lowest BCUT2D eigenvalue weighted by Crippen LogP contribution is -2.34. The molecule has 0 radical (unpaired) electrons. The maximum Gasteiger partial charge on any atom is 0.318 e. The molecule has 1 fully saturated rings. The zero-order valence-corrected chi connectivity index (χ0v) is 13.5. The predicted molar refractivity (Wildman–Crippen MR) is 86.3 cm³/mol. The Kier molecular flexibility index (Phi) is 3.88. The smallest absolute Gasteiger partial charge is 0.318 e. The Bertz CT molecular complexity index is 724. The van der Waals surface area contributed by atoms with Crippen molar-refractivity contribution in [2.75, 3.05) is 32.5 Å². The van der Waals surface area contributed by atoms with Crippen LogP contribution in [0.3, 0.4) is 0 Å². The Morgan fingerprint density at radius 2 is 1.95 bits per heavy atom. The van der Waals surface area contributed by atoms with E-state index in [2.05, 4.69) is 36.1 Å². The first-order valence-corrected chi connectivity index (χ1v) is 7.47. The number of morpholine rings is 1. The van der Waals surface area contributed by atoms with E-state index in [0.717, 1.165) is 35.1 Å². The van der Waals surface area contributed by atoms with E-state index in [4.69, 9.17) is 15.2 Å². The Morgan fingerprint density at radius 3 is 2.59 bits per heavy atom. The van der Waals surface area contributed by atoms with Crippen LogP contribution in [0.1, 0.15) is 28.4 Å².